The van der Waals surface area contributed by atoms with Gasteiger partial charge in [0.15, 0.2) is 0 Å². The number of benzene rings is 2. The number of esters is 1. The number of nitrogens with zero attached hydrogens (tertiary/aromatic N) is 1. The van der Waals surface area contributed by atoms with Gasteiger partial charge in [0, 0.05) is 5.56 Å². The van der Waals surface area contributed by atoms with Gasteiger partial charge in [0.25, 0.3) is 0 Å². The number of nitrogen functional groups attached to an aromatic ring is 1. The van der Waals surface area contributed by atoms with Crippen LogP contribution in [0.1, 0.15) is 21.5 Å². The molecule has 21 heavy (non-hydrogen) atoms. The monoisotopic (exact) mass is 304 g/mol. The smallest absolute Gasteiger partial charge is 0.340 e. The van der Waals surface area contributed by atoms with Crippen LogP contribution in [-0.4, -0.2) is 5.97 Å². The number of hydrogen-bond donors (Lipinski definition) is 1. The van der Waals surface area contributed by atoms with Gasteiger partial charge in [0.1, 0.15) is 18.5 Å². The molecule has 0 fully saturated rings. The zero-order valence-electron chi connectivity index (χ0n) is 10.8. The Hall–Kier alpha value is -2.58. The van der Waals surface area contributed by atoms with Crippen molar-refractivity contribution in [1.82, 2.24) is 0 Å². The second-order valence-electron chi connectivity index (χ2n) is 4.18. The maximum atomic E-state index is 13.8. The van der Waals surface area contributed by atoms with Crippen LogP contribution in [0.25, 0.3) is 0 Å². The Morgan fingerprint density at radius 1 is 1.33 bits per heavy atom. The van der Waals surface area contributed by atoms with Crippen LogP contribution in [0, 0.1) is 17.1 Å². The summed E-state index contributed by atoms with van der Waals surface area (Å²) in [6.07, 6.45) is 0. The maximum absolute atomic E-state index is 13.8. The molecule has 0 atom stereocenters. The van der Waals surface area contributed by atoms with Gasteiger partial charge in [-0.2, -0.15) is 5.26 Å². The number of ether oxygens (including phenoxy) is 1. The molecule has 0 aliphatic rings. The Labute approximate surface area is 125 Å². The molecular weight excluding hydrogens is 295 g/mol. The third-order valence-corrected chi connectivity index (χ3v) is 3.23. The van der Waals surface area contributed by atoms with Crippen LogP contribution in [0.2, 0.25) is 5.02 Å². The van der Waals surface area contributed by atoms with Crippen molar-refractivity contribution in [3.05, 3.63) is 63.9 Å². The van der Waals surface area contributed by atoms with Gasteiger partial charge in [0.2, 0.25) is 0 Å². The van der Waals surface area contributed by atoms with E-state index >= 15 is 0 Å². The number of nitriles is 1. The van der Waals surface area contributed by atoms with Crippen molar-refractivity contribution in [2.75, 3.05) is 5.73 Å². The largest absolute Gasteiger partial charge is 0.457 e. The summed E-state index contributed by atoms with van der Waals surface area (Å²) in [5.74, 6) is -1.42. The topological polar surface area (TPSA) is 76.1 Å². The number of anilines is 1. The van der Waals surface area contributed by atoms with Crippen molar-refractivity contribution in [3.63, 3.8) is 0 Å². The lowest BCUT2D eigenvalue weighted by Crippen LogP contribution is -2.08. The second-order valence-corrected chi connectivity index (χ2v) is 4.55. The van der Waals surface area contributed by atoms with Crippen molar-refractivity contribution in [2.45, 2.75) is 6.61 Å². The molecule has 0 aliphatic carbocycles. The molecule has 2 aromatic rings. The lowest BCUT2D eigenvalue weighted by molar-refractivity contribution is 0.0469. The fourth-order valence-electron chi connectivity index (χ4n) is 1.71. The fraction of sp³-hybridized carbons (Fsp3) is 0.0667. The third kappa shape index (κ3) is 3.12. The number of carbonyl (C=O) groups excluding carboxylic acids is 1. The standard InChI is InChI=1S/C15H10ClFN2O2/c16-13-11(5-2-6-12(13)19)15(20)21-8-10-4-1-3-9(7-18)14(10)17/h1-6H,8,19H2. The van der Waals surface area contributed by atoms with Crippen molar-refractivity contribution < 1.29 is 13.9 Å². The molecular formula is C15H10ClFN2O2. The summed E-state index contributed by atoms with van der Waals surface area (Å²) in [5.41, 5.74) is 5.96. The highest BCUT2D eigenvalue weighted by molar-refractivity contribution is 6.36. The Kier molecular flexibility index (Phi) is 4.41. The highest BCUT2D eigenvalue weighted by atomic mass is 35.5. The molecule has 0 saturated carbocycles. The molecule has 0 saturated heterocycles. The predicted molar refractivity (Wildman–Crippen MR) is 76.1 cm³/mol. The summed E-state index contributed by atoms with van der Waals surface area (Å²) < 4.78 is 18.8. The SMILES string of the molecule is N#Cc1cccc(COC(=O)c2cccc(N)c2Cl)c1F. The lowest BCUT2D eigenvalue weighted by Gasteiger charge is -2.08. The average molecular weight is 305 g/mol. The number of nitrogens with two attached hydrogens (primary N) is 1. The minimum absolute atomic E-state index is 0.0914. The predicted octanol–water partition coefficient (Wildman–Crippen LogP) is 3.29. The van der Waals surface area contributed by atoms with E-state index in [0.717, 1.165) is 0 Å². The van der Waals surface area contributed by atoms with E-state index in [0.29, 0.717) is 0 Å². The number of hydrogen-bond acceptors (Lipinski definition) is 4. The normalized spacial score (nSPS) is 9.95. The molecule has 0 spiro atoms. The van der Waals surface area contributed by atoms with E-state index in [-0.39, 0.29) is 34.0 Å². The maximum Gasteiger partial charge on any atom is 0.340 e. The van der Waals surface area contributed by atoms with Gasteiger partial charge in [0.05, 0.1) is 21.8 Å². The first-order chi connectivity index (χ1) is 10.0. The zero-order chi connectivity index (χ0) is 15.4. The van der Waals surface area contributed by atoms with Gasteiger partial charge < -0.3 is 10.5 Å². The molecule has 0 amide bonds. The molecule has 6 heteroatoms. The summed E-state index contributed by atoms with van der Waals surface area (Å²) in [6, 6.07) is 10.6. The molecule has 2 aromatic carbocycles. The molecule has 2 rings (SSSR count). The van der Waals surface area contributed by atoms with Crippen LogP contribution in [0.3, 0.4) is 0 Å². The van der Waals surface area contributed by atoms with E-state index in [4.69, 9.17) is 27.3 Å². The first kappa shape index (κ1) is 14.8. The fourth-order valence-corrected chi connectivity index (χ4v) is 1.91. The van der Waals surface area contributed by atoms with Gasteiger partial charge in [-0.25, -0.2) is 9.18 Å². The van der Waals surface area contributed by atoms with Crippen LogP contribution in [0.15, 0.2) is 36.4 Å². The molecule has 0 unspecified atom stereocenters. The van der Waals surface area contributed by atoms with Gasteiger partial charge >= 0.3 is 5.97 Å². The molecule has 0 aromatic heterocycles. The van der Waals surface area contributed by atoms with Crippen molar-refractivity contribution in [3.8, 4) is 6.07 Å². The number of carbonyl (C=O) groups is 1. The Balaban J connectivity index is 2.16. The molecule has 4 nitrogen and oxygen atoms in total. The van der Waals surface area contributed by atoms with Crippen LogP contribution in [0.5, 0.6) is 0 Å². The molecule has 0 heterocycles. The molecule has 0 bridgehead atoms. The van der Waals surface area contributed by atoms with Gasteiger partial charge in [-0.15, -0.1) is 0 Å². The van der Waals surface area contributed by atoms with E-state index in [1.165, 1.54) is 24.3 Å². The second kappa shape index (κ2) is 6.25. The molecule has 106 valence electrons. The van der Waals surface area contributed by atoms with Gasteiger partial charge in [-0.1, -0.05) is 29.8 Å². The molecule has 2 N–H and O–H groups in total. The third-order valence-electron chi connectivity index (χ3n) is 2.81. The lowest BCUT2D eigenvalue weighted by atomic mass is 10.1. The van der Waals surface area contributed by atoms with Crippen LogP contribution in [0.4, 0.5) is 10.1 Å². The van der Waals surface area contributed by atoms with Gasteiger partial charge in [-0.05, 0) is 18.2 Å². The summed E-state index contributed by atoms with van der Waals surface area (Å²) in [4.78, 5) is 11.9. The zero-order valence-corrected chi connectivity index (χ0v) is 11.5. The van der Waals surface area contributed by atoms with E-state index in [1.54, 1.807) is 18.2 Å². The summed E-state index contributed by atoms with van der Waals surface area (Å²) in [5, 5.41) is 8.83. The first-order valence-corrected chi connectivity index (χ1v) is 6.31. The number of halogens is 2. The average Bonchev–Trinajstić information content (AvgIpc) is 2.48. The molecule has 0 aliphatic heterocycles. The Morgan fingerprint density at radius 3 is 2.76 bits per heavy atom. The van der Waals surface area contributed by atoms with Crippen molar-refractivity contribution in [1.29, 1.82) is 5.26 Å². The minimum atomic E-state index is -0.714. The van der Waals surface area contributed by atoms with Gasteiger partial charge in [-0.3, -0.25) is 0 Å². The summed E-state index contributed by atoms with van der Waals surface area (Å²) in [7, 11) is 0. The summed E-state index contributed by atoms with van der Waals surface area (Å²) >= 11 is 5.91. The Morgan fingerprint density at radius 2 is 2.05 bits per heavy atom. The van der Waals surface area contributed by atoms with Crippen LogP contribution < -0.4 is 5.73 Å². The van der Waals surface area contributed by atoms with E-state index in [9.17, 15) is 9.18 Å². The Bertz CT molecular complexity index is 741. The van der Waals surface area contributed by atoms with Crippen molar-refractivity contribution in [2.24, 2.45) is 0 Å². The van der Waals surface area contributed by atoms with E-state index in [1.807, 2.05) is 0 Å². The van der Waals surface area contributed by atoms with Crippen LogP contribution >= 0.6 is 11.6 Å². The minimum Gasteiger partial charge on any atom is -0.457 e. The highest BCUT2D eigenvalue weighted by Crippen LogP contribution is 2.24. The summed E-state index contributed by atoms with van der Waals surface area (Å²) in [6.45, 7) is -0.300. The number of rotatable bonds is 3. The van der Waals surface area contributed by atoms with E-state index < -0.39 is 11.8 Å². The highest BCUT2D eigenvalue weighted by Gasteiger charge is 2.15. The quantitative estimate of drug-likeness (QED) is 0.697. The van der Waals surface area contributed by atoms with E-state index in [2.05, 4.69) is 0 Å². The van der Waals surface area contributed by atoms with Crippen LogP contribution in [-0.2, 0) is 11.3 Å². The first-order valence-electron chi connectivity index (χ1n) is 5.93. The van der Waals surface area contributed by atoms with Crippen molar-refractivity contribution >= 4 is 23.3 Å². The molecule has 0 radical (unpaired) electrons.